The van der Waals surface area contributed by atoms with Gasteiger partial charge in [-0.15, -0.1) is 0 Å². The fourth-order valence-corrected chi connectivity index (χ4v) is 5.54. The van der Waals surface area contributed by atoms with Crippen molar-refractivity contribution in [3.8, 4) is 5.75 Å². The molecule has 2 amide bonds. The van der Waals surface area contributed by atoms with E-state index < -0.39 is 28.5 Å². The predicted octanol–water partition coefficient (Wildman–Crippen LogP) is 5.71. The number of anilines is 1. The first-order valence-electron chi connectivity index (χ1n) is 13.7. The number of amides is 2. The first kappa shape index (κ1) is 33.2. The van der Waals surface area contributed by atoms with Gasteiger partial charge in [0.1, 0.15) is 18.3 Å². The average Bonchev–Trinajstić information content (AvgIpc) is 2.95. The van der Waals surface area contributed by atoms with Crippen LogP contribution in [0.2, 0.25) is 10.0 Å². The van der Waals surface area contributed by atoms with E-state index in [2.05, 4.69) is 5.32 Å². The van der Waals surface area contributed by atoms with E-state index >= 15 is 0 Å². The van der Waals surface area contributed by atoms with Gasteiger partial charge in [-0.3, -0.25) is 13.9 Å². The Kier molecular flexibility index (Phi) is 12.1. The van der Waals surface area contributed by atoms with Crippen molar-refractivity contribution in [2.45, 2.75) is 52.2 Å². The number of ether oxygens (including phenoxy) is 1. The number of halogens is 2. The molecular weight excluding hydrogens is 597 g/mol. The molecule has 2 atom stereocenters. The van der Waals surface area contributed by atoms with Crippen LogP contribution in [0.5, 0.6) is 5.75 Å². The molecule has 0 unspecified atom stereocenters. The van der Waals surface area contributed by atoms with Gasteiger partial charge in [-0.25, -0.2) is 8.42 Å². The number of nitrogens with zero attached hydrogens (tertiary/aromatic N) is 2. The number of benzene rings is 3. The topological polar surface area (TPSA) is 96.0 Å². The zero-order chi connectivity index (χ0) is 30.9. The lowest BCUT2D eigenvalue weighted by atomic mass is 10.0. The number of carbonyl (C=O) groups is 2. The van der Waals surface area contributed by atoms with E-state index in [1.54, 1.807) is 49.4 Å². The highest BCUT2D eigenvalue weighted by Gasteiger charge is 2.34. The summed E-state index contributed by atoms with van der Waals surface area (Å²) in [5.74, 6) is -0.593. The molecule has 3 aromatic carbocycles. The van der Waals surface area contributed by atoms with E-state index in [-0.39, 0.29) is 30.6 Å². The van der Waals surface area contributed by atoms with E-state index in [1.165, 1.54) is 4.90 Å². The minimum Gasteiger partial charge on any atom is -0.492 e. The minimum atomic E-state index is -3.93. The van der Waals surface area contributed by atoms with E-state index in [0.717, 1.165) is 16.1 Å². The Morgan fingerprint density at radius 3 is 2.21 bits per heavy atom. The van der Waals surface area contributed by atoms with Gasteiger partial charge in [0.2, 0.25) is 21.8 Å². The first-order chi connectivity index (χ1) is 19.9. The van der Waals surface area contributed by atoms with Gasteiger partial charge in [0, 0.05) is 19.0 Å². The zero-order valence-electron chi connectivity index (χ0n) is 24.2. The van der Waals surface area contributed by atoms with Crippen LogP contribution in [0.15, 0.2) is 72.8 Å². The third kappa shape index (κ3) is 9.11. The summed E-state index contributed by atoms with van der Waals surface area (Å²) in [7, 11) is -3.93. The summed E-state index contributed by atoms with van der Waals surface area (Å²) in [6.45, 7) is 5.38. The zero-order valence-corrected chi connectivity index (χ0v) is 26.5. The molecular formula is C31H37Cl2N3O5S. The Morgan fingerprint density at radius 1 is 0.929 bits per heavy atom. The number of hydrogen-bond donors (Lipinski definition) is 1. The number of sulfonamides is 1. The lowest BCUT2D eigenvalue weighted by Gasteiger charge is -2.34. The molecule has 0 saturated carbocycles. The Balaban J connectivity index is 2.10. The molecule has 42 heavy (non-hydrogen) atoms. The molecule has 226 valence electrons. The largest absolute Gasteiger partial charge is 0.492 e. The molecule has 0 aliphatic carbocycles. The quantitative estimate of drug-likeness (QED) is 0.245. The van der Waals surface area contributed by atoms with Gasteiger partial charge >= 0.3 is 0 Å². The second-order valence-corrected chi connectivity index (χ2v) is 12.7. The Bertz CT molecular complexity index is 1470. The van der Waals surface area contributed by atoms with Crippen LogP contribution in [-0.4, -0.2) is 56.6 Å². The van der Waals surface area contributed by atoms with E-state index in [1.807, 2.05) is 44.2 Å². The van der Waals surface area contributed by atoms with Gasteiger partial charge in [-0.1, -0.05) is 78.7 Å². The molecule has 0 aliphatic rings. The second kappa shape index (κ2) is 15.3. The SMILES string of the molecule is CCOc1ccccc1N(CC(=O)N(Cc1ccc(Cl)c(Cl)c1)[C@H](Cc1ccccc1)C(=O)N[C@@H](C)CC)S(C)(=O)=O. The maximum atomic E-state index is 14.2. The minimum absolute atomic E-state index is 0.00808. The van der Waals surface area contributed by atoms with Crippen LogP contribution >= 0.6 is 23.2 Å². The number of hydrogen-bond acceptors (Lipinski definition) is 5. The van der Waals surface area contributed by atoms with Gasteiger partial charge in [0.05, 0.1) is 28.6 Å². The third-order valence-electron chi connectivity index (χ3n) is 6.72. The average molecular weight is 635 g/mol. The fraction of sp³-hybridized carbons (Fsp3) is 0.355. The lowest BCUT2D eigenvalue weighted by Crippen LogP contribution is -2.54. The van der Waals surface area contributed by atoms with E-state index in [9.17, 15) is 18.0 Å². The summed E-state index contributed by atoms with van der Waals surface area (Å²) in [5.41, 5.74) is 1.71. The molecule has 8 nitrogen and oxygen atoms in total. The molecule has 11 heteroatoms. The molecule has 0 fully saturated rings. The smallest absolute Gasteiger partial charge is 0.244 e. The van der Waals surface area contributed by atoms with E-state index in [0.29, 0.717) is 34.4 Å². The molecule has 0 spiro atoms. The van der Waals surface area contributed by atoms with Crippen LogP contribution in [0.25, 0.3) is 0 Å². The highest BCUT2D eigenvalue weighted by atomic mass is 35.5. The molecule has 0 radical (unpaired) electrons. The summed E-state index contributed by atoms with van der Waals surface area (Å²) in [6, 6.07) is 19.9. The molecule has 3 aromatic rings. The van der Waals surface area contributed by atoms with Crippen LogP contribution in [0.3, 0.4) is 0 Å². The second-order valence-electron chi connectivity index (χ2n) is 9.96. The normalized spacial score (nSPS) is 12.7. The van der Waals surface area contributed by atoms with Gasteiger partial charge in [-0.2, -0.15) is 0 Å². The molecule has 0 saturated heterocycles. The molecule has 3 rings (SSSR count). The Labute approximate surface area is 258 Å². The molecule has 0 aliphatic heterocycles. The van der Waals surface area contributed by atoms with Crippen molar-refractivity contribution < 1.29 is 22.7 Å². The van der Waals surface area contributed by atoms with Crippen molar-refractivity contribution in [1.82, 2.24) is 10.2 Å². The van der Waals surface area contributed by atoms with Crippen molar-refractivity contribution >= 4 is 50.7 Å². The number of rotatable bonds is 14. The number of nitrogens with one attached hydrogen (secondary N) is 1. The van der Waals surface area contributed by atoms with Gasteiger partial charge in [0.25, 0.3) is 0 Å². The van der Waals surface area contributed by atoms with Crippen LogP contribution in [0.1, 0.15) is 38.3 Å². The lowest BCUT2D eigenvalue weighted by molar-refractivity contribution is -0.140. The monoisotopic (exact) mass is 633 g/mol. The van der Waals surface area contributed by atoms with Crippen LogP contribution < -0.4 is 14.4 Å². The standard InChI is InChI=1S/C31H37Cl2N3O5S/c1-5-22(3)34-31(38)28(19-23-12-8-7-9-13-23)35(20-24-16-17-25(32)26(33)18-24)30(37)21-36(42(4,39)40)27-14-10-11-15-29(27)41-6-2/h7-18,22,28H,5-6,19-21H2,1-4H3,(H,34,38)/t22-,28+/m0/s1. The van der Waals surface area contributed by atoms with Crippen LogP contribution in [0, 0.1) is 0 Å². The van der Waals surface area contributed by atoms with Crippen LogP contribution in [-0.2, 0) is 32.6 Å². The van der Waals surface area contributed by atoms with Crippen molar-refractivity contribution in [1.29, 1.82) is 0 Å². The van der Waals surface area contributed by atoms with Crippen molar-refractivity contribution in [2.75, 3.05) is 23.7 Å². The maximum Gasteiger partial charge on any atom is 0.244 e. The molecule has 0 aromatic heterocycles. The Morgan fingerprint density at radius 2 is 1.60 bits per heavy atom. The van der Waals surface area contributed by atoms with Gasteiger partial charge < -0.3 is 15.0 Å². The summed E-state index contributed by atoms with van der Waals surface area (Å²) in [5, 5.41) is 3.65. The number of para-hydroxylation sites is 2. The highest BCUT2D eigenvalue weighted by Crippen LogP contribution is 2.30. The van der Waals surface area contributed by atoms with Crippen molar-refractivity contribution in [3.63, 3.8) is 0 Å². The summed E-state index contributed by atoms with van der Waals surface area (Å²) < 4.78 is 32.8. The molecule has 1 N–H and O–H groups in total. The molecule has 0 bridgehead atoms. The predicted molar refractivity (Wildman–Crippen MR) is 169 cm³/mol. The maximum absolute atomic E-state index is 14.2. The van der Waals surface area contributed by atoms with Crippen molar-refractivity contribution in [3.05, 3.63) is 94.0 Å². The van der Waals surface area contributed by atoms with Crippen LogP contribution in [0.4, 0.5) is 5.69 Å². The van der Waals surface area contributed by atoms with Gasteiger partial charge in [0.15, 0.2) is 0 Å². The fourth-order valence-electron chi connectivity index (χ4n) is 4.37. The third-order valence-corrected chi connectivity index (χ3v) is 8.59. The van der Waals surface area contributed by atoms with Crippen molar-refractivity contribution in [2.24, 2.45) is 0 Å². The summed E-state index contributed by atoms with van der Waals surface area (Å²) in [6.07, 6.45) is 1.94. The van der Waals surface area contributed by atoms with E-state index in [4.69, 9.17) is 27.9 Å². The summed E-state index contributed by atoms with van der Waals surface area (Å²) >= 11 is 12.4. The highest BCUT2D eigenvalue weighted by molar-refractivity contribution is 7.92. The van der Waals surface area contributed by atoms with Gasteiger partial charge in [-0.05, 0) is 55.7 Å². The number of carbonyl (C=O) groups excluding carboxylic acids is 2. The first-order valence-corrected chi connectivity index (χ1v) is 16.3. The summed E-state index contributed by atoms with van der Waals surface area (Å²) in [4.78, 5) is 29.4. The molecule has 0 heterocycles. The Hall–Kier alpha value is -3.27.